The van der Waals surface area contributed by atoms with E-state index in [0.29, 0.717) is 6.04 Å². The van der Waals surface area contributed by atoms with Crippen LogP contribution in [0, 0.1) is 0 Å². The summed E-state index contributed by atoms with van der Waals surface area (Å²) in [6.07, 6.45) is 5.29. The Balaban J connectivity index is 2.37. The molecule has 0 spiro atoms. The van der Waals surface area contributed by atoms with Crippen molar-refractivity contribution in [3.8, 4) is 0 Å². The van der Waals surface area contributed by atoms with E-state index in [2.05, 4.69) is 24.9 Å². The average molecular weight is 176 g/mol. The van der Waals surface area contributed by atoms with Crippen LogP contribution in [0.4, 0.5) is 0 Å². The molecular weight excluding hydrogens is 160 g/mol. The van der Waals surface area contributed by atoms with Crippen LogP contribution in [0.1, 0.15) is 37.9 Å². The molecule has 2 heterocycles. The first-order valence-corrected chi connectivity index (χ1v) is 5.08. The van der Waals surface area contributed by atoms with Crippen LogP contribution in [-0.2, 0) is 6.42 Å². The van der Waals surface area contributed by atoms with Crippen LogP contribution in [0.25, 0.3) is 0 Å². The van der Waals surface area contributed by atoms with Crippen molar-refractivity contribution in [1.29, 1.82) is 0 Å². The van der Waals surface area contributed by atoms with Crippen molar-refractivity contribution < 1.29 is 0 Å². The highest BCUT2D eigenvalue weighted by Crippen LogP contribution is 2.21. The number of nitrogens with zero attached hydrogens (tertiary/aromatic N) is 1. The van der Waals surface area contributed by atoms with Crippen LogP contribution in [0.5, 0.6) is 0 Å². The zero-order valence-electron chi connectivity index (χ0n) is 8.30. The zero-order chi connectivity index (χ0) is 9.26. The normalized spacial score (nSPS) is 21.1. The lowest BCUT2D eigenvalue weighted by Gasteiger charge is -2.19. The summed E-state index contributed by atoms with van der Waals surface area (Å²) in [7, 11) is 0. The van der Waals surface area contributed by atoms with E-state index in [1.54, 1.807) is 0 Å². The van der Waals surface area contributed by atoms with E-state index in [1.165, 1.54) is 17.0 Å². The monoisotopic (exact) mass is 176 g/mol. The maximum absolute atomic E-state index is 4.73. The highest BCUT2D eigenvalue weighted by molar-refractivity contribution is 6.02. The van der Waals surface area contributed by atoms with Crippen LogP contribution in [0.15, 0.2) is 17.3 Å². The molecule has 0 radical (unpaired) electrons. The van der Waals surface area contributed by atoms with Gasteiger partial charge in [-0.3, -0.25) is 4.99 Å². The SMILES string of the molecule is CCC1=N[C@@H](CC)Cc2[nH]ccc21. The number of H-pyrrole nitrogens is 1. The third kappa shape index (κ3) is 1.41. The first-order valence-electron chi connectivity index (χ1n) is 5.08. The summed E-state index contributed by atoms with van der Waals surface area (Å²) >= 11 is 0. The molecule has 70 valence electrons. The maximum atomic E-state index is 4.73. The largest absolute Gasteiger partial charge is 0.364 e. The summed E-state index contributed by atoms with van der Waals surface area (Å²) in [5.41, 5.74) is 3.99. The van der Waals surface area contributed by atoms with E-state index in [0.717, 1.165) is 19.3 Å². The number of fused-ring (bicyclic) bond motifs is 1. The van der Waals surface area contributed by atoms with E-state index in [1.807, 2.05) is 6.20 Å². The Labute approximate surface area is 79.1 Å². The van der Waals surface area contributed by atoms with Gasteiger partial charge in [0.15, 0.2) is 0 Å². The Morgan fingerprint density at radius 2 is 2.38 bits per heavy atom. The number of aliphatic imine (C=N–C) groups is 1. The number of hydrogen-bond acceptors (Lipinski definition) is 1. The topological polar surface area (TPSA) is 28.1 Å². The molecule has 1 aromatic rings. The lowest BCUT2D eigenvalue weighted by atomic mass is 9.98. The third-order valence-electron chi connectivity index (χ3n) is 2.73. The van der Waals surface area contributed by atoms with Gasteiger partial charge >= 0.3 is 0 Å². The van der Waals surface area contributed by atoms with Crippen LogP contribution < -0.4 is 0 Å². The zero-order valence-corrected chi connectivity index (χ0v) is 8.30. The molecular formula is C11H16N2. The molecule has 1 aromatic heterocycles. The molecule has 0 aliphatic carbocycles. The van der Waals surface area contributed by atoms with E-state index in [9.17, 15) is 0 Å². The van der Waals surface area contributed by atoms with Crippen molar-refractivity contribution in [2.75, 3.05) is 0 Å². The van der Waals surface area contributed by atoms with Gasteiger partial charge in [-0.2, -0.15) is 0 Å². The van der Waals surface area contributed by atoms with Crippen molar-refractivity contribution in [3.05, 3.63) is 23.5 Å². The number of aromatic amines is 1. The molecule has 1 aliphatic heterocycles. The fourth-order valence-electron chi connectivity index (χ4n) is 1.93. The first kappa shape index (κ1) is 8.54. The highest BCUT2D eigenvalue weighted by Gasteiger charge is 2.19. The number of aromatic nitrogens is 1. The van der Waals surface area contributed by atoms with Crippen molar-refractivity contribution in [1.82, 2.24) is 4.98 Å². The van der Waals surface area contributed by atoms with Gasteiger partial charge in [-0.05, 0) is 18.9 Å². The Morgan fingerprint density at radius 1 is 1.54 bits per heavy atom. The van der Waals surface area contributed by atoms with Crippen molar-refractivity contribution >= 4 is 5.71 Å². The average Bonchev–Trinajstić information content (AvgIpc) is 2.63. The fraction of sp³-hybridized carbons (Fsp3) is 0.545. The minimum absolute atomic E-state index is 0.501. The van der Waals surface area contributed by atoms with Gasteiger partial charge < -0.3 is 4.98 Å². The van der Waals surface area contributed by atoms with Crippen molar-refractivity contribution in [2.45, 2.75) is 39.2 Å². The van der Waals surface area contributed by atoms with Gasteiger partial charge in [0.25, 0.3) is 0 Å². The molecule has 0 bridgehead atoms. The third-order valence-corrected chi connectivity index (χ3v) is 2.73. The van der Waals surface area contributed by atoms with Gasteiger partial charge in [0.1, 0.15) is 0 Å². The fourth-order valence-corrected chi connectivity index (χ4v) is 1.93. The molecule has 0 saturated carbocycles. The summed E-state index contributed by atoms with van der Waals surface area (Å²) in [6.45, 7) is 4.38. The summed E-state index contributed by atoms with van der Waals surface area (Å²) < 4.78 is 0. The van der Waals surface area contributed by atoms with Gasteiger partial charge in [-0.25, -0.2) is 0 Å². The van der Waals surface area contributed by atoms with E-state index >= 15 is 0 Å². The van der Waals surface area contributed by atoms with Crippen molar-refractivity contribution in [3.63, 3.8) is 0 Å². The molecule has 13 heavy (non-hydrogen) atoms. The minimum Gasteiger partial charge on any atom is -0.364 e. The lowest BCUT2D eigenvalue weighted by Crippen LogP contribution is -2.19. The molecule has 2 nitrogen and oxygen atoms in total. The molecule has 0 unspecified atom stereocenters. The molecule has 0 amide bonds. The predicted molar refractivity (Wildman–Crippen MR) is 55.4 cm³/mol. The van der Waals surface area contributed by atoms with Crippen LogP contribution in [0.3, 0.4) is 0 Å². The van der Waals surface area contributed by atoms with E-state index in [4.69, 9.17) is 4.99 Å². The summed E-state index contributed by atoms with van der Waals surface area (Å²) in [6, 6.07) is 2.64. The van der Waals surface area contributed by atoms with Crippen LogP contribution >= 0.6 is 0 Å². The standard InChI is InChI=1S/C11H16N2/c1-3-8-7-11-9(5-6-12-11)10(4-2)13-8/h5-6,8,12H,3-4,7H2,1-2H3/t8-/m0/s1. The summed E-state index contributed by atoms with van der Waals surface area (Å²) in [5, 5.41) is 0. The van der Waals surface area contributed by atoms with Crippen LogP contribution in [0.2, 0.25) is 0 Å². The molecule has 1 N–H and O–H groups in total. The van der Waals surface area contributed by atoms with Gasteiger partial charge in [0, 0.05) is 29.6 Å². The molecule has 0 saturated heterocycles. The molecule has 2 rings (SSSR count). The molecule has 1 atom stereocenters. The second kappa shape index (κ2) is 3.36. The molecule has 0 fully saturated rings. The van der Waals surface area contributed by atoms with Crippen molar-refractivity contribution in [2.24, 2.45) is 4.99 Å². The number of rotatable bonds is 2. The van der Waals surface area contributed by atoms with Gasteiger partial charge in [0.05, 0.1) is 6.04 Å². The maximum Gasteiger partial charge on any atom is 0.0555 e. The van der Waals surface area contributed by atoms with Crippen LogP contribution in [-0.4, -0.2) is 16.7 Å². The molecule has 2 heteroatoms. The smallest absolute Gasteiger partial charge is 0.0555 e. The van der Waals surface area contributed by atoms with E-state index in [-0.39, 0.29) is 0 Å². The Kier molecular flexibility index (Phi) is 2.21. The van der Waals surface area contributed by atoms with Gasteiger partial charge in [-0.1, -0.05) is 13.8 Å². The second-order valence-electron chi connectivity index (χ2n) is 3.57. The molecule has 1 aliphatic rings. The Hall–Kier alpha value is -1.05. The Morgan fingerprint density at radius 3 is 3.08 bits per heavy atom. The minimum atomic E-state index is 0.501. The highest BCUT2D eigenvalue weighted by atomic mass is 14.8. The van der Waals surface area contributed by atoms with Gasteiger partial charge in [0.2, 0.25) is 0 Å². The number of nitrogens with one attached hydrogen (secondary N) is 1. The second-order valence-corrected chi connectivity index (χ2v) is 3.57. The number of hydrogen-bond donors (Lipinski definition) is 1. The lowest BCUT2D eigenvalue weighted by molar-refractivity contribution is 0.630. The van der Waals surface area contributed by atoms with Gasteiger partial charge in [-0.15, -0.1) is 0 Å². The quantitative estimate of drug-likeness (QED) is 0.717. The molecule has 0 aromatic carbocycles. The van der Waals surface area contributed by atoms with E-state index < -0.39 is 0 Å². The Bertz CT molecular complexity index is 323. The predicted octanol–water partition coefficient (Wildman–Crippen LogP) is 2.55. The summed E-state index contributed by atoms with van der Waals surface area (Å²) in [5.74, 6) is 0. The first-order chi connectivity index (χ1) is 6.35. The summed E-state index contributed by atoms with van der Waals surface area (Å²) in [4.78, 5) is 8.03.